The molecule has 104 valence electrons. The van der Waals surface area contributed by atoms with Crippen LogP contribution in [-0.2, 0) is 4.74 Å². The fraction of sp³-hybridized carbons (Fsp3) is 0.462. The number of amides is 1. The van der Waals surface area contributed by atoms with Crippen LogP contribution in [-0.4, -0.2) is 50.5 Å². The van der Waals surface area contributed by atoms with Crippen molar-refractivity contribution in [3.05, 3.63) is 23.8 Å². The first-order valence-corrected chi connectivity index (χ1v) is 6.17. The second kappa shape index (κ2) is 6.40. The van der Waals surface area contributed by atoms with E-state index in [0.717, 1.165) is 6.54 Å². The Morgan fingerprint density at radius 2 is 2.47 bits per heavy atom. The standard InChI is InChI=1S/C13H18N2O4/c1-18-10-2-3-12(16)11(6-10)13(17)15-7-9-8-19-5-4-14-9/h2-3,6,9,14,16H,4-5,7-8H2,1H3,(H,15,17). The Morgan fingerprint density at radius 3 is 3.16 bits per heavy atom. The van der Waals surface area contributed by atoms with Crippen LogP contribution in [0.5, 0.6) is 11.5 Å². The quantitative estimate of drug-likeness (QED) is 0.721. The van der Waals surface area contributed by atoms with Crippen LogP contribution in [0.3, 0.4) is 0 Å². The van der Waals surface area contributed by atoms with Crippen LogP contribution in [0.15, 0.2) is 18.2 Å². The van der Waals surface area contributed by atoms with E-state index in [1.165, 1.54) is 19.2 Å². The van der Waals surface area contributed by atoms with E-state index < -0.39 is 0 Å². The minimum atomic E-state index is -0.330. The number of hydrogen-bond donors (Lipinski definition) is 3. The number of morpholine rings is 1. The Kier molecular flexibility index (Phi) is 4.59. The van der Waals surface area contributed by atoms with Gasteiger partial charge in [-0.15, -0.1) is 0 Å². The molecule has 1 atom stereocenters. The second-order valence-electron chi connectivity index (χ2n) is 4.32. The van der Waals surface area contributed by atoms with Crippen LogP contribution < -0.4 is 15.4 Å². The van der Waals surface area contributed by atoms with E-state index in [1.807, 2.05) is 0 Å². The maximum Gasteiger partial charge on any atom is 0.255 e. The van der Waals surface area contributed by atoms with Crippen molar-refractivity contribution in [1.82, 2.24) is 10.6 Å². The third kappa shape index (κ3) is 3.59. The number of benzene rings is 1. The molecule has 0 spiro atoms. The van der Waals surface area contributed by atoms with Crippen molar-refractivity contribution < 1.29 is 19.4 Å². The number of hydrogen-bond acceptors (Lipinski definition) is 5. The Labute approximate surface area is 111 Å². The first-order valence-electron chi connectivity index (χ1n) is 6.17. The lowest BCUT2D eigenvalue weighted by atomic mass is 10.1. The Hall–Kier alpha value is -1.79. The zero-order valence-electron chi connectivity index (χ0n) is 10.8. The van der Waals surface area contributed by atoms with Gasteiger partial charge in [-0.3, -0.25) is 4.79 Å². The Balaban J connectivity index is 1.95. The number of carbonyl (C=O) groups is 1. The van der Waals surface area contributed by atoms with Gasteiger partial charge < -0.3 is 25.2 Å². The van der Waals surface area contributed by atoms with Crippen LogP contribution in [0.25, 0.3) is 0 Å². The molecular weight excluding hydrogens is 248 g/mol. The molecule has 1 amide bonds. The molecule has 0 bridgehead atoms. The molecule has 0 aliphatic carbocycles. The van der Waals surface area contributed by atoms with Gasteiger partial charge in [0.1, 0.15) is 11.5 Å². The number of rotatable bonds is 4. The number of nitrogens with one attached hydrogen (secondary N) is 2. The average molecular weight is 266 g/mol. The first kappa shape index (κ1) is 13.6. The summed E-state index contributed by atoms with van der Waals surface area (Å²) >= 11 is 0. The van der Waals surface area contributed by atoms with E-state index >= 15 is 0 Å². The van der Waals surface area contributed by atoms with Gasteiger partial charge in [-0.1, -0.05) is 0 Å². The van der Waals surface area contributed by atoms with Crippen molar-refractivity contribution in [1.29, 1.82) is 0 Å². The van der Waals surface area contributed by atoms with Crippen molar-refractivity contribution in [3.63, 3.8) is 0 Å². The number of phenolic OH excluding ortho intramolecular Hbond substituents is 1. The van der Waals surface area contributed by atoms with Crippen LogP contribution in [0.1, 0.15) is 10.4 Å². The minimum absolute atomic E-state index is 0.0637. The van der Waals surface area contributed by atoms with Crippen LogP contribution in [0, 0.1) is 0 Å². The molecule has 0 saturated carbocycles. The topological polar surface area (TPSA) is 79.8 Å². The largest absolute Gasteiger partial charge is 0.507 e. The summed E-state index contributed by atoms with van der Waals surface area (Å²) in [5.74, 6) is 0.136. The van der Waals surface area contributed by atoms with Gasteiger partial charge in [-0.2, -0.15) is 0 Å². The third-order valence-electron chi connectivity index (χ3n) is 2.96. The maximum atomic E-state index is 12.0. The predicted octanol–water partition coefficient (Wildman–Crippen LogP) is 0.119. The van der Waals surface area contributed by atoms with E-state index in [4.69, 9.17) is 9.47 Å². The Morgan fingerprint density at radius 1 is 1.63 bits per heavy atom. The zero-order chi connectivity index (χ0) is 13.7. The number of ether oxygens (including phenoxy) is 2. The summed E-state index contributed by atoms with van der Waals surface area (Å²) in [5, 5.41) is 15.7. The smallest absolute Gasteiger partial charge is 0.255 e. The van der Waals surface area contributed by atoms with Gasteiger partial charge in [0.25, 0.3) is 5.91 Å². The monoisotopic (exact) mass is 266 g/mol. The zero-order valence-corrected chi connectivity index (χ0v) is 10.8. The molecular formula is C13H18N2O4. The molecule has 1 heterocycles. The fourth-order valence-electron chi connectivity index (χ4n) is 1.89. The van der Waals surface area contributed by atoms with Crippen molar-refractivity contribution in [2.24, 2.45) is 0 Å². The van der Waals surface area contributed by atoms with Crippen LogP contribution >= 0.6 is 0 Å². The SMILES string of the molecule is COc1ccc(O)c(C(=O)NCC2COCCN2)c1. The average Bonchev–Trinajstić information content (AvgIpc) is 2.46. The highest BCUT2D eigenvalue weighted by Crippen LogP contribution is 2.22. The molecule has 0 radical (unpaired) electrons. The lowest BCUT2D eigenvalue weighted by Gasteiger charge is -2.24. The highest BCUT2D eigenvalue weighted by molar-refractivity contribution is 5.97. The summed E-state index contributed by atoms with van der Waals surface area (Å²) in [6.45, 7) is 2.51. The summed E-state index contributed by atoms with van der Waals surface area (Å²) in [6.07, 6.45) is 0. The molecule has 1 aliphatic rings. The van der Waals surface area contributed by atoms with E-state index in [1.54, 1.807) is 6.07 Å². The van der Waals surface area contributed by atoms with Crippen molar-refractivity contribution in [2.45, 2.75) is 6.04 Å². The normalized spacial score (nSPS) is 18.9. The number of phenols is 1. The summed E-state index contributed by atoms with van der Waals surface area (Å²) in [7, 11) is 1.51. The predicted molar refractivity (Wildman–Crippen MR) is 69.6 cm³/mol. The van der Waals surface area contributed by atoms with Crippen LogP contribution in [0.2, 0.25) is 0 Å². The van der Waals surface area contributed by atoms with Gasteiger partial charge in [0.05, 0.1) is 25.9 Å². The maximum absolute atomic E-state index is 12.0. The van der Waals surface area contributed by atoms with E-state index in [2.05, 4.69) is 10.6 Å². The second-order valence-corrected chi connectivity index (χ2v) is 4.32. The summed E-state index contributed by atoms with van der Waals surface area (Å²) in [5.41, 5.74) is 0.205. The molecule has 3 N–H and O–H groups in total. The van der Waals surface area contributed by atoms with Gasteiger partial charge in [0.15, 0.2) is 0 Å². The van der Waals surface area contributed by atoms with Gasteiger partial charge in [-0.25, -0.2) is 0 Å². The first-order chi connectivity index (χ1) is 9.20. The van der Waals surface area contributed by atoms with E-state index in [9.17, 15) is 9.90 Å². The molecule has 6 heteroatoms. The van der Waals surface area contributed by atoms with Gasteiger partial charge in [-0.05, 0) is 18.2 Å². The Bertz CT molecular complexity index is 444. The van der Waals surface area contributed by atoms with Crippen molar-refractivity contribution >= 4 is 5.91 Å². The number of carbonyl (C=O) groups excluding carboxylic acids is 1. The molecule has 1 unspecified atom stereocenters. The summed E-state index contributed by atoms with van der Waals surface area (Å²) in [4.78, 5) is 12.0. The molecule has 6 nitrogen and oxygen atoms in total. The third-order valence-corrected chi connectivity index (χ3v) is 2.96. The fourth-order valence-corrected chi connectivity index (χ4v) is 1.89. The molecule has 1 saturated heterocycles. The lowest BCUT2D eigenvalue weighted by Crippen LogP contribution is -2.48. The van der Waals surface area contributed by atoms with Gasteiger partial charge in [0.2, 0.25) is 0 Å². The molecule has 19 heavy (non-hydrogen) atoms. The van der Waals surface area contributed by atoms with Gasteiger partial charge >= 0.3 is 0 Å². The van der Waals surface area contributed by atoms with Gasteiger partial charge in [0, 0.05) is 19.1 Å². The molecule has 1 aromatic carbocycles. The van der Waals surface area contributed by atoms with E-state index in [-0.39, 0.29) is 23.3 Å². The highest BCUT2D eigenvalue weighted by atomic mass is 16.5. The van der Waals surface area contributed by atoms with Crippen molar-refractivity contribution in [3.8, 4) is 11.5 Å². The molecule has 1 aromatic rings. The molecule has 1 fully saturated rings. The summed E-state index contributed by atoms with van der Waals surface area (Å²) in [6, 6.07) is 4.65. The number of aromatic hydroxyl groups is 1. The lowest BCUT2D eigenvalue weighted by molar-refractivity contribution is 0.0734. The van der Waals surface area contributed by atoms with Crippen molar-refractivity contribution in [2.75, 3.05) is 33.4 Å². The summed E-state index contributed by atoms with van der Waals surface area (Å²) < 4.78 is 10.3. The molecule has 0 aromatic heterocycles. The van der Waals surface area contributed by atoms with E-state index in [0.29, 0.717) is 25.5 Å². The minimum Gasteiger partial charge on any atom is -0.507 e. The van der Waals surface area contributed by atoms with Crippen LogP contribution in [0.4, 0.5) is 0 Å². The highest BCUT2D eigenvalue weighted by Gasteiger charge is 2.16. The molecule has 1 aliphatic heterocycles. The molecule has 2 rings (SSSR count). The number of methoxy groups -OCH3 is 1.